The van der Waals surface area contributed by atoms with Crippen molar-refractivity contribution in [3.8, 4) is 0 Å². The minimum Gasteiger partial charge on any atom is -0.394 e. The lowest BCUT2D eigenvalue weighted by atomic mass is 9.94. The predicted octanol–water partition coefficient (Wildman–Crippen LogP) is 1.85. The zero-order chi connectivity index (χ0) is 22.2. The first-order valence-electron chi connectivity index (χ1n) is 10.8. The molecule has 1 fully saturated rings. The Hall–Kier alpha value is -3.26. The Morgan fingerprint density at radius 2 is 1.71 bits per heavy atom. The number of allylic oxidation sites excluding steroid dienone is 2. The number of anilines is 1. The van der Waals surface area contributed by atoms with Crippen molar-refractivity contribution >= 4 is 17.4 Å². The Bertz CT molecular complexity index is 936. The second-order valence-corrected chi connectivity index (χ2v) is 7.14. The Labute approximate surface area is 183 Å². The van der Waals surface area contributed by atoms with E-state index >= 15 is 0 Å². The van der Waals surface area contributed by atoms with Gasteiger partial charge in [-0.15, -0.1) is 0 Å². The van der Waals surface area contributed by atoms with Crippen molar-refractivity contribution in [1.29, 1.82) is 0 Å². The van der Waals surface area contributed by atoms with Gasteiger partial charge < -0.3 is 16.0 Å². The summed E-state index contributed by atoms with van der Waals surface area (Å²) < 4.78 is 0. The maximum atomic E-state index is 12.6. The Kier molecular flexibility index (Phi) is 7.72. The lowest BCUT2D eigenvalue weighted by molar-refractivity contribution is 0.0963. The fraction of sp³-hybridized carbons (Fsp3) is 0.391. The number of hydrogen-bond donors (Lipinski definition) is 2. The van der Waals surface area contributed by atoms with Crippen LogP contribution in [0.3, 0.4) is 0 Å². The lowest BCUT2D eigenvalue weighted by Gasteiger charge is -2.35. The molecule has 3 N–H and O–H groups in total. The maximum Gasteiger partial charge on any atom is 0.229 e. The summed E-state index contributed by atoms with van der Waals surface area (Å²) in [6.07, 6.45) is 4.16. The van der Waals surface area contributed by atoms with E-state index in [1.165, 1.54) is 6.20 Å². The second-order valence-electron chi connectivity index (χ2n) is 7.14. The van der Waals surface area contributed by atoms with E-state index in [9.17, 15) is 9.59 Å². The molecule has 2 aromatic heterocycles. The van der Waals surface area contributed by atoms with Crippen LogP contribution in [0.2, 0.25) is 0 Å². The van der Waals surface area contributed by atoms with Crippen molar-refractivity contribution in [3.05, 3.63) is 65.4 Å². The molecule has 0 radical (unpaired) electrons. The van der Waals surface area contributed by atoms with Crippen LogP contribution in [0.15, 0.2) is 54.1 Å². The molecule has 164 valence electrons. The number of Topliss-reactive ketones (excluding diaryl/α,β-unsaturated/α-hetero) is 2. The van der Waals surface area contributed by atoms with Crippen LogP contribution in [0, 0.1) is 0 Å². The topological polar surface area (TPSA) is 104 Å². The van der Waals surface area contributed by atoms with Gasteiger partial charge in [-0.3, -0.25) is 19.5 Å². The number of carbonyl (C=O) groups is 2. The molecule has 0 aromatic carbocycles. The van der Waals surface area contributed by atoms with E-state index in [-0.39, 0.29) is 22.9 Å². The van der Waals surface area contributed by atoms with Crippen LogP contribution in [-0.2, 0) is 0 Å². The number of rotatable bonds is 6. The van der Waals surface area contributed by atoms with Crippen molar-refractivity contribution in [3.63, 3.8) is 0 Å². The number of ketones is 2. The second kappa shape index (κ2) is 10.7. The Balaban J connectivity index is 0.00000132. The molecule has 1 aliphatic heterocycles. The van der Waals surface area contributed by atoms with E-state index in [4.69, 9.17) is 5.73 Å². The van der Waals surface area contributed by atoms with Crippen molar-refractivity contribution in [1.82, 2.24) is 20.2 Å². The highest BCUT2D eigenvalue weighted by Gasteiger charge is 2.31. The van der Waals surface area contributed by atoms with Gasteiger partial charge in [0.25, 0.3) is 0 Å². The van der Waals surface area contributed by atoms with Crippen molar-refractivity contribution in [2.24, 2.45) is 5.73 Å². The zero-order valence-electron chi connectivity index (χ0n) is 18.2. The summed E-state index contributed by atoms with van der Waals surface area (Å²) in [5.41, 5.74) is 6.48. The highest BCUT2D eigenvalue weighted by molar-refractivity contribution is 6.25. The van der Waals surface area contributed by atoms with Gasteiger partial charge in [0, 0.05) is 45.1 Å². The number of nitrogens with zero attached hydrogens (tertiary/aromatic N) is 4. The molecule has 8 heteroatoms. The normalized spacial score (nSPS) is 16.5. The van der Waals surface area contributed by atoms with E-state index in [1.54, 1.807) is 12.1 Å². The molecule has 0 unspecified atom stereocenters. The number of fused-ring (bicyclic) bond motifs is 1. The van der Waals surface area contributed by atoms with E-state index in [2.05, 4.69) is 25.1 Å². The van der Waals surface area contributed by atoms with Crippen molar-refractivity contribution in [2.75, 3.05) is 44.2 Å². The number of piperazine rings is 1. The number of aromatic nitrogens is 2. The van der Waals surface area contributed by atoms with Gasteiger partial charge in [-0.25, -0.2) is 4.98 Å². The fourth-order valence-corrected chi connectivity index (χ4v) is 3.70. The summed E-state index contributed by atoms with van der Waals surface area (Å²) in [5, 5.41) is 3.08. The molecule has 8 nitrogen and oxygen atoms in total. The Morgan fingerprint density at radius 1 is 0.968 bits per heavy atom. The smallest absolute Gasteiger partial charge is 0.229 e. The number of carbonyl (C=O) groups excluding carboxylic acids is 2. The van der Waals surface area contributed by atoms with Crippen LogP contribution in [0.5, 0.6) is 0 Å². The quantitative estimate of drug-likeness (QED) is 0.680. The molecule has 1 saturated heterocycles. The summed E-state index contributed by atoms with van der Waals surface area (Å²) in [4.78, 5) is 38.1. The first kappa shape index (κ1) is 22.4. The van der Waals surface area contributed by atoms with Crippen LogP contribution >= 0.6 is 0 Å². The summed E-state index contributed by atoms with van der Waals surface area (Å²) in [6, 6.07) is 9.22. The number of pyridine rings is 2. The van der Waals surface area contributed by atoms with E-state index < -0.39 is 5.78 Å². The lowest BCUT2D eigenvalue weighted by Crippen LogP contribution is -2.47. The SMILES string of the molecule is CC.NC1=C(NCCCN2CCN(c3ccccn3)CC2)C(=O)c2cccnc2C1=O. The highest BCUT2D eigenvalue weighted by atomic mass is 16.1. The molecule has 0 bridgehead atoms. The third kappa shape index (κ3) is 5.08. The van der Waals surface area contributed by atoms with Gasteiger partial charge in [0.2, 0.25) is 11.6 Å². The number of hydrogen-bond acceptors (Lipinski definition) is 8. The monoisotopic (exact) mass is 422 g/mol. The third-order valence-corrected chi connectivity index (χ3v) is 5.31. The van der Waals surface area contributed by atoms with Crippen LogP contribution in [0.4, 0.5) is 5.82 Å². The molecule has 2 aromatic rings. The first-order chi connectivity index (χ1) is 15.1. The third-order valence-electron chi connectivity index (χ3n) is 5.31. The number of nitrogens with one attached hydrogen (secondary N) is 1. The molecule has 31 heavy (non-hydrogen) atoms. The van der Waals surface area contributed by atoms with Gasteiger partial charge in [0.1, 0.15) is 22.9 Å². The average Bonchev–Trinajstić information content (AvgIpc) is 2.84. The zero-order valence-corrected chi connectivity index (χ0v) is 18.2. The molecule has 0 spiro atoms. The minimum atomic E-state index is -0.395. The first-order valence-corrected chi connectivity index (χ1v) is 10.8. The molecule has 3 heterocycles. The van der Waals surface area contributed by atoms with Gasteiger partial charge in [-0.2, -0.15) is 0 Å². The van der Waals surface area contributed by atoms with Crippen LogP contribution < -0.4 is 16.0 Å². The fourth-order valence-electron chi connectivity index (χ4n) is 3.70. The van der Waals surface area contributed by atoms with E-state index in [0.29, 0.717) is 12.1 Å². The summed E-state index contributed by atoms with van der Waals surface area (Å²) in [5.74, 6) is 0.356. The van der Waals surface area contributed by atoms with Gasteiger partial charge in [0.15, 0.2) is 0 Å². The molecular weight excluding hydrogens is 392 g/mol. The van der Waals surface area contributed by atoms with Gasteiger partial charge in [0.05, 0.1) is 5.56 Å². The summed E-state index contributed by atoms with van der Waals surface area (Å²) in [6.45, 7) is 9.32. The molecule has 1 aliphatic carbocycles. The Morgan fingerprint density at radius 3 is 2.42 bits per heavy atom. The van der Waals surface area contributed by atoms with E-state index in [0.717, 1.165) is 45.0 Å². The molecule has 4 rings (SSSR count). The number of nitrogens with two attached hydrogens (primary N) is 1. The standard InChI is InChI=1S/C21H24N6O2.C2H6/c22-17-19(20(28)15-5-3-8-24-18(15)21(17)29)25-9-4-10-26-11-13-27(14-12-26)16-6-1-2-7-23-16;1-2/h1-3,5-8,25H,4,9-14,22H2;1-2H3. The van der Waals surface area contributed by atoms with Gasteiger partial charge >= 0.3 is 0 Å². The van der Waals surface area contributed by atoms with Crippen LogP contribution in [0.1, 0.15) is 41.1 Å². The van der Waals surface area contributed by atoms with E-state index in [1.807, 2.05) is 38.2 Å². The van der Waals surface area contributed by atoms with Gasteiger partial charge in [-0.05, 0) is 37.2 Å². The molecule has 0 saturated carbocycles. The largest absolute Gasteiger partial charge is 0.394 e. The molecule has 2 aliphatic rings. The molecule has 0 atom stereocenters. The molecule has 0 amide bonds. The average molecular weight is 423 g/mol. The predicted molar refractivity (Wildman–Crippen MR) is 121 cm³/mol. The highest BCUT2D eigenvalue weighted by Crippen LogP contribution is 2.20. The molecular formula is C23H30N6O2. The van der Waals surface area contributed by atoms with Crippen LogP contribution in [-0.4, -0.2) is 65.7 Å². The maximum absolute atomic E-state index is 12.6. The summed E-state index contributed by atoms with van der Waals surface area (Å²) >= 11 is 0. The summed E-state index contributed by atoms with van der Waals surface area (Å²) in [7, 11) is 0. The minimum absolute atomic E-state index is 0.0508. The van der Waals surface area contributed by atoms with Crippen molar-refractivity contribution in [2.45, 2.75) is 20.3 Å². The van der Waals surface area contributed by atoms with Gasteiger partial charge in [-0.1, -0.05) is 19.9 Å². The van der Waals surface area contributed by atoms with Crippen molar-refractivity contribution < 1.29 is 9.59 Å². The van der Waals surface area contributed by atoms with Crippen LogP contribution in [0.25, 0.3) is 0 Å².